The summed E-state index contributed by atoms with van der Waals surface area (Å²) in [5.74, 6) is 0. The summed E-state index contributed by atoms with van der Waals surface area (Å²) < 4.78 is 5.52. The molecule has 0 bridgehead atoms. The maximum Gasteiger partial charge on any atom is 0.0897 e. The molecule has 20 heavy (non-hydrogen) atoms. The van der Waals surface area contributed by atoms with Crippen molar-refractivity contribution in [2.75, 3.05) is 26.3 Å². The second kappa shape index (κ2) is 8.72. The molecule has 2 N–H and O–H groups in total. The number of hydrogen-bond acceptors (Lipinski definition) is 5. The van der Waals surface area contributed by atoms with Crippen molar-refractivity contribution in [3.8, 4) is 0 Å². The zero-order valence-electron chi connectivity index (χ0n) is 13.1. The smallest absolute Gasteiger partial charge is 0.0897 e. The second-order valence-electron chi connectivity index (χ2n) is 5.99. The number of aliphatic hydroxyl groups excluding tert-OH is 1. The summed E-state index contributed by atoms with van der Waals surface area (Å²) in [6.07, 6.45) is 1.56. The van der Waals surface area contributed by atoms with E-state index in [4.69, 9.17) is 4.74 Å². The van der Waals surface area contributed by atoms with E-state index in [2.05, 4.69) is 31.1 Å². The summed E-state index contributed by atoms with van der Waals surface area (Å²) >= 11 is 1.66. The maximum atomic E-state index is 9.83. The Kier molecular flexibility index (Phi) is 7.66. The zero-order chi connectivity index (χ0) is 15.0. The summed E-state index contributed by atoms with van der Waals surface area (Å²) in [6, 6.07) is 0. The quantitative estimate of drug-likeness (QED) is 0.652. The molecule has 0 aromatic carbocycles. The summed E-state index contributed by atoms with van der Waals surface area (Å²) in [4.78, 5) is 5.47. The van der Waals surface area contributed by atoms with Crippen LogP contribution in [0.25, 0.3) is 0 Å². The number of ether oxygens (including phenoxy) is 1. The Hall–Kier alpha value is -0.490. The molecule has 0 fully saturated rings. The normalized spacial score (nSPS) is 13.7. The van der Waals surface area contributed by atoms with Gasteiger partial charge in [0.15, 0.2) is 0 Å². The Morgan fingerprint density at radius 3 is 2.85 bits per heavy atom. The highest BCUT2D eigenvalue weighted by atomic mass is 32.1. The molecule has 1 aromatic rings. The number of hydrogen-bond donors (Lipinski definition) is 2. The van der Waals surface area contributed by atoms with E-state index in [1.54, 1.807) is 11.3 Å². The van der Waals surface area contributed by atoms with Crippen molar-refractivity contribution < 1.29 is 9.84 Å². The van der Waals surface area contributed by atoms with Gasteiger partial charge in [-0.3, -0.25) is 0 Å². The molecule has 0 saturated heterocycles. The molecule has 1 aromatic heterocycles. The number of aliphatic hydroxyl groups is 1. The minimum atomic E-state index is -0.440. The summed E-state index contributed by atoms with van der Waals surface area (Å²) in [5.41, 5.74) is 3.23. The fourth-order valence-corrected chi connectivity index (χ4v) is 2.47. The zero-order valence-corrected chi connectivity index (χ0v) is 13.9. The Labute approximate surface area is 126 Å². The van der Waals surface area contributed by atoms with Gasteiger partial charge < -0.3 is 15.2 Å². The van der Waals surface area contributed by atoms with Crippen LogP contribution < -0.4 is 5.32 Å². The molecular formula is C15H28N2O2S. The highest BCUT2D eigenvalue weighted by Gasteiger charge is 2.15. The minimum Gasteiger partial charge on any atom is -0.389 e. The van der Waals surface area contributed by atoms with Crippen molar-refractivity contribution in [3.05, 3.63) is 16.1 Å². The number of thiazole rings is 1. The number of aromatic nitrogens is 1. The predicted octanol–water partition coefficient (Wildman–Crippen LogP) is 2.40. The molecule has 5 heteroatoms. The van der Waals surface area contributed by atoms with Gasteiger partial charge >= 0.3 is 0 Å². The maximum absolute atomic E-state index is 9.83. The average molecular weight is 300 g/mol. The van der Waals surface area contributed by atoms with Gasteiger partial charge in [-0.05, 0) is 18.8 Å². The molecule has 4 nitrogen and oxygen atoms in total. The molecular weight excluding hydrogens is 272 g/mol. The molecule has 0 amide bonds. The lowest BCUT2D eigenvalue weighted by molar-refractivity contribution is 0.0373. The first kappa shape index (κ1) is 17.6. The van der Waals surface area contributed by atoms with E-state index in [0.717, 1.165) is 25.1 Å². The largest absolute Gasteiger partial charge is 0.389 e. The van der Waals surface area contributed by atoms with Crippen LogP contribution >= 0.6 is 11.3 Å². The van der Waals surface area contributed by atoms with Gasteiger partial charge in [0, 0.05) is 24.4 Å². The van der Waals surface area contributed by atoms with Crippen LogP contribution in [0.15, 0.2) is 5.51 Å². The van der Waals surface area contributed by atoms with Crippen molar-refractivity contribution >= 4 is 11.3 Å². The van der Waals surface area contributed by atoms with Gasteiger partial charge in [0.1, 0.15) is 0 Å². The third-order valence-corrected chi connectivity index (χ3v) is 4.56. The van der Waals surface area contributed by atoms with E-state index in [1.807, 2.05) is 12.4 Å². The fourth-order valence-electron chi connectivity index (χ4n) is 1.71. The molecule has 1 heterocycles. The van der Waals surface area contributed by atoms with Gasteiger partial charge in [0.25, 0.3) is 0 Å². The third-order valence-electron chi connectivity index (χ3n) is 3.57. The van der Waals surface area contributed by atoms with Crippen LogP contribution in [0.5, 0.6) is 0 Å². The first-order valence-electron chi connectivity index (χ1n) is 7.30. The SMILES string of the molecule is CCC(C)(C)CNCC(O)COCCc1scnc1C. The molecule has 116 valence electrons. The predicted molar refractivity (Wildman–Crippen MR) is 84.3 cm³/mol. The molecule has 0 saturated carbocycles. The molecule has 1 unspecified atom stereocenters. The first-order valence-corrected chi connectivity index (χ1v) is 8.18. The lowest BCUT2D eigenvalue weighted by Gasteiger charge is -2.23. The van der Waals surface area contributed by atoms with E-state index in [0.29, 0.717) is 19.8 Å². The number of aryl methyl sites for hydroxylation is 1. The number of nitrogens with one attached hydrogen (secondary N) is 1. The molecule has 0 aliphatic rings. The molecule has 0 radical (unpaired) electrons. The fraction of sp³-hybridized carbons (Fsp3) is 0.800. The standard InChI is InChI=1S/C15H28N2O2S/c1-5-15(3,4)10-16-8-13(18)9-19-7-6-14-12(2)17-11-20-14/h11,13,16,18H,5-10H2,1-4H3. The summed E-state index contributed by atoms with van der Waals surface area (Å²) in [7, 11) is 0. The molecule has 1 atom stereocenters. The lowest BCUT2D eigenvalue weighted by atomic mass is 9.90. The van der Waals surface area contributed by atoms with Gasteiger partial charge in [-0.2, -0.15) is 0 Å². The van der Waals surface area contributed by atoms with Crippen LogP contribution in [0.4, 0.5) is 0 Å². The van der Waals surface area contributed by atoms with Gasteiger partial charge in [0.05, 0.1) is 30.5 Å². The van der Waals surface area contributed by atoms with Crippen molar-refractivity contribution in [3.63, 3.8) is 0 Å². The van der Waals surface area contributed by atoms with E-state index in [9.17, 15) is 5.11 Å². The summed E-state index contributed by atoms with van der Waals surface area (Å²) in [6.45, 7) is 11.2. The Bertz CT molecular complexity index is 380. The van der Waals surface area contributed by atoms with Crippen LogP contribution in [0.3, 0.4) is 0 Å². The first-order chi connectivity index (χ1) is 9.44. The lowest BCUT2D eigenvalue weighted by Crippen LogP contribution is -2.36. The number of nitrogens with zero attached hydrogens (tertiary/aromatic N) is 1. The van der Waals surface area contributed by atoms with Crippen LogP contribution in [-0.2, 0) is 11.2 Å². The number of rotatable bonds is 10. The van der Waals surface area contributed by atoms with Crippen LogP contribution in [0, 0.1) is 12.3 Å². The van der Waals surface area contributed by atoms with Gasteiger partial charge in [0.2, 0.25) is 0 Å². The van der Waals surface area contributed by atoms with E-state index >= 15 is 0 Å². The summed E-state index contributed by atoms with van der Waals surface area (Å²) in [5, 5.41) is 13.1. The monoisotopic (exact) mass is 300 g/mol. The molecule has 0 spiro atoms. The van der Waals surface area contributed by atoms with Crippen molar-refractivity contribution in [1.29, 1.82) is 0 Å². The topological polar surface area (TPSA) is 54.4 Å². The second-order valence-corrected chi connectivity index (χ2v) is 6.93. The minimum absolute atomic E-state index is 0.282. The van der Waals surface area contributed by atoms with Crippen LogP contribution in [0.1, 0.15) is 37.8 Å². The molecule has 0 aliphatic heterocycles. The van der Waals surface area contributed by atoms with E-state index in [-0.39, 0.29) is 5.41 Å². The Morgan fingerprint density at radius 2 is 2.25 bits per heavy atom. The average Bonchev–Trinajstić information content (AvgIpc) is 2.80. The van der Waals surface area contributed by atoms with Gasteiger partial charge in [-0.1, -0.05) is 20.8 Å². The van der Waals surface area contributed by atoms with E-state index < -0.39 is 6.10 Å². The van der Waals surface area contributed by atoms with Crippen LogP contribution in [-0.4, -0.2) is 42.5 Å². The van der Waals surface area contributed by atoms with Crippen molar-refractivity contribution in [1.82, 2.24) is 10.3 Å². The van der Waals surface area contributed by atoms with Crippen LogP contribution in [0.2, 0.25) is 0 Å². The van der Waals surface area contributed by atoms with Gasteiger partial charge in [-0.25, -0.2) is 4.98 Å². The highest BCUT2D eigenvalue weighted by Crippen LogP contribution is 2.17. The molecule has 1 rings (SSSR count). The van der Waals surface area contributed by atoms with Crippen molar-refractivity contribution in [2.45, 2.75) is 46.6 Å². The molecule has 0 aliphatic carbocycles. The van der Waals surface area contributed by atoms with E-state index in [1.165, 1.54) is 4.88 Å². The third kappa shape index (κ3) is 6.79. The van der Waals surface area contributed by atoms with Gasteiger partial charge in [-0.15, -0.1) is 11.3 Å². The Balaban J connectivity index is 2.06. The van der Waals surface area contributed by atoms with Crippen molar-refractivity contribution in [2.24, 2.45) is 5.41 Å². The Morgan fingerprint density at radius 1 is 1.50 bits per heavy atom. The highest BCUT2D eigenvalue weighted by molar-refractivity contribution is 7.09.